The minimum Gasteiger partial charge on any atom is -0.391 e. The zero-order chi connectivity index (χ0) is 15.3. The highest BCUT2D eigenvalue weighted by Gasteiger charge is 2.30. The normalized spacial score (nSPS) is 13.0. The van der Waals surface area contributed by atoms with Crippen LogP contribution in [0, 0.1) is 0 Å². The van der Waals surface area contributed by atoms with E-state index in [1.165, 1.54) is 6.07 Å². The number of rotatable bonds is 5. The molecule has 0 saturated carbocycles. The van der Waals surface area contributed by atoms with Crippen LogP contribution in [0.3, 0.4) is 0 Å². The number of nitrogens with one attached hydrogen (secondary N) is 1. The van der Waals surface area contributed by atoms with Crippen LogP contribution in [0.2, 0.25) is 0 Å². The van der Waals surface area contributed by atoms with Crippen LogP contribution in [-0.4, -0.2) is 22.7 Å². The number of benzene rings is 1. The number of hydrogen-bond donors (Lipinski definition) is 2. The average molecular weight is 296 g/mol. The maximum Gasteiger partial charge on any atom is 0.417 e. The summed E-state index contributed by atoms with van der Waals surface area (Å²) in [5.74, 6) is 0.301. The Kier molecular flexibility index (Phi) is 4.80. The Hall–Kier alpha value is -2.08. The lowest BCUT2D eigenvalue weighted by Gasteiger charge is -2.13. The van der Waals surface area contributed by atoms with Gasteiger partial charge in [0.2, 0.25) is 0 Å². The topological polar surface area (TPSA) is 45.1 Å². The van der Waals surface area contributed by atoms with Crippen molar-refractivity contribution in [2.24, 2.45) is 0 Å². The van der Waals surface area contributed by atoms with Crippen LogP contribution in [0.5, 0.6) is 0 Å². The molecule has 2 rings (SSSR count). The van der Waals surface area contributed by atoms with Crippen molar-refractivity contribution in [3.05, 3.63) is 59.8 Å². The Balaban J connectivity index is 1.85. The molecule has 1 heterocycles. The third-order valence-electron chi connectivity index (χ3n) is 2.92. The van der Waals surface area contributed by atoms with E-state index >= 15 is 0 Å². The maximum absolute atomic E-state index is 12.4. The molecule has 1 aromatic carbocycles. The number of pyridine rings is 1. The average Bonchev–Trinajstić information content (AvgIpc) is 2.46. The molecular formula is C15H15F3N2O. The molecule has 0 saturated heterocycles. The van der Waals surface area contributed by atoms with E-state index in [2.05, 4.69) is 10.3 Å². The number of hydrogen-bond acceptors (Lipinski definition) is 3. The van der Waals surface area contributed by atoms with Gasteiger partial charge in [0.1, 0.15) is 5.82 Å². The lowest BCUT2D eigenvalue weighted by atomic mass is 10.1. The summed E-state index contributed by atoms with van der Waals surface area (Å²) in [5.41, 5.74) is 0.199. The molecule has 2 aromatic rings. The van der Waals surface area contributed by atoms with Gasteiger partial charge in [-0.15, -0.1) is 0 Å². The molecule has 21 heavy (non-hydrogen) atoms. The summed E-state index contributed by atoms with van der Waals surface area (Å²) in [6.07, 6.45) is -3.80. The van der Waals surface area contributed by atoms with Crippen molar-refractivity contribution in [2.45, 2.75) is 18.7 Å². The summed E-state index contributed by atoms with van der Waals surface area (Å²) in [7, 11) is 0. The fraction of sp³-hybridized carbons (Fsp3) is 0.267. The van der Waals surface area contributed by atoms with Crippen LogP contribution in [0.4, 0.5) is 19.0 Å². The van der Waals surface area contributed by atoms with E-state index in [1.807, 2.05) is 30.3 Å². The van der Waals surface area contributed by atoms with Crippen molar-refractivity contribution in [2.75, 3.05) is 11.9 Å². The lowest BCUT2D eigenvalue weighted by molar-refractivity contribution is -0.137. The third-order valence-corrected chi connectivity index (χ3v) is 2.92. The predicted octanol–water partition coefficient (Wildman–Crippen LogP) is 3.12. The van der Waals surface area contributed by atoms with Crippen LogP contribution < -0.4 is 5.32 Å². The molecule has 6 heteroatoms. The minimum atomic E-state index is -4.39. The number of aliphatic hydroxyl groups excluding tert-OH is 1. The van der Waals surface area contributed by atoms with Gasteiger partial charge in [0.25, 0.3) is 0 Å². The molecule has 0 bridgehead atoms. The molecule has 0 aliphatic rings. The van der Waals surface area contributed by atoms with Crippen molar-refractivity contribution in [3.63, 3.8) is 0 Å². The quantitative estimate of drug-likeness (QED) is 0.891. The molecule has 1 atom stereocenters. The highest BCUT2D eigenvalue weighted by atomic mass is 19.4. The van der Waals surface area contributed by atoms with Crippen molar-refractivity contribution in [3.8, 4) is 0 Å². The van der Waals surface area contributed by atoms with E-state index in [0.717, 1.165) is 17.8 Å². The van der Waals surface area contributed by atoms with Crippen LogP contribution in [0.15, 0.2) is 48.7 Å². The van der Waals surface area contributed by atoms with Gasteiger partial charge in [-0.3, -0.25) is 0 Å². The first-order chi connectivity index (χ1) is 9.95. The van der Waals surface area contributed by atoms with E-state index in [9.17, 15) is 18.3 Å². The highest BCUT2D eigenvalue weighted by Crippen LogP contribution is 2.28. The SMILES string of the molecule is OC(CNc1ccc(C(F)(F)F)cn1)Cc1ccccc1. The van der Waals surface area contributed by atoms with Gasteiger partial charge in [0.05, 0.1) is 11.7 Å². The van der Waals surface area contributed by atoms with Gasteiger partial charge in [-0.2, -0.15) is 13.2 Å². The minimum absolute atomic E-state index is 0.216. The van der Waals surface area contributed by atoms with Crippen molar-refractivity contribution in [1.29, 1.82) is 0 Å². The number of anilines is 1. The van der Waals surface area contributed by atoms with Crippen LogP contribution in [0.25, 0.3) is 0 Å². The first-order valence-corrected chi connectivity index (χ1v) is 6.44. The highest BCUT2D eigenvalue weighted by molar-refractivity contribution is 5.36. The van der Waals surface area contributed by atoms with Gasteiger partial charge >= 0.3 is 6.18 Å². The maximum atomic E-state index is 12.4. The zero-order valence-corrected chi connectivity index (χ0v) is 11.1. The van der Waals surface area contributed by atoms with Crippen LogP contribution in [0.1, 0.15) is 11.1 Å². The first-order valence-electron chi connectivity index (χ1n) is 6.44. The van der Waals surface area contributed by atoms with Gasteiger partial charge in [-0.1, -0.05) is 30.3 Å². The Morgan fingerprint density at radius 2 is 1.81 bits per heavy atom. The Labute approximate surface area is 120 Å². The smallest absolute Gasteiger partial charge is 0.391 e. The van der Waals surface area contributed by atoms with Crippen molar-refractivity contribution < 1.29 is 18.3 Å². The number of nitrogens with zero attached hydrogens (tertiary/aromatic N) is 1. The van der Waals surface area contributed by atoms with Crippen LogP contribution >= 0.6 is 0 Å². The van der Waals surface area contributed by atoms with Crippen LogP contribution in [-0.2, 0) is 12.6 Å². The molecule has 0 radical (unpaired) electrons. The molecule has 1 unspecified atom stereocenters. The van der Waals surface area contributed by atoms with Gasteiger partial charge in [0, 0.05) is 19.2 Å². The zero-order valence-electron chi connectivity index (χ0n) is 11.1. The van der Waals surface area contributed by atoms with Gasteiger partial charge in [0.15, 0.2) is 0 Å². The Bertz CT molecular complexity index is 555. The summed E-state index contributed by atoms with van der Waals surface area (Å²) in [5, 5.41) is 12.7. The van der Waals surface area contributed by atoms with Gasteiger partial charge in [-0.05, 0) is 17.7 Å². The standard InChI is InChI=1S/C15H15F3N2O/c16-15(17,18)12-6-7-14(19-9-12)20-10-13(21)8-11-4-2-1-3-5-11/h1-7,9,13,21H,8,10H2,(H,19,20). The fourth-order valence-corrected chi connectivity index (χ4v) is 1.85. The fourth-order valence-electron chi connectivity index (χ4n) is 1.85. The summed E-state index contributed by atoms with van der Waals surface area (Å²) >= 11 is 0. The van der Waals surface area contributed by atoms with Gasteiger partial charge < -0.3 is 10.4 Å². The second kappa shape index (κ2) is 6.58. The molecule has 0 amide bonds. The van der Waals surface area contributed by atoms with Gasteiger partial charge in [-0.25, -0.2) is 4.98 Å². The van der Waals surface area contributed by atoms with Crippen molar-refractivity contribution >= 4 is 5.82 Å². The lowest BCUT2D eigenvalue weighted by Crippen LogP contribution is -2.22. The van der Waals surface area contributed by atoms with E-state index in [1.54, 1.807) is 0 Å². The molecular weight excluding hydrogens is 281 g/mol. The Morgan fingerprint density at radius 1 is 1.10 bits per heavy atom. The predicted molar refractivity (Wildman–Crippen MR) is 73.9 cm³/mol. The first kappa shape index (κ1) is 15.3. The second-order valence-electron chi connectivity index (χ2n) is 4.65. The number of aliphatic hydroxyl groups is 1. The van der Waals surface area contributed by atoms with E-state index in [-0.39, 0.29) is 6.54 Å². The molecule has 3 nitrogen and oxygen atoms in total. The molecule has 0 aliphatic heterocycles. The van der Waals surface area contributed by atoms with E-state index in [0.29, 0.717) is 12.2 Å². The molecule has 0 spiro atoms. The van der Waals surface area contributed by atoms with E-state index < -0.39 is 17.8 Å². The number of alkyl halides is 3. The summed E-state index contributed by atoms with van der Waals surface area (Å²) in [6.45, 7) is 0.216. The summed E-state index contributed by atoms with van der Waals surface area (Å²) < 4.78 is 37.1. The summed E-state index contributed by atoms with van der Waals surface area (Å²) in [6, 6.07) is 11.7. The molecule has 0 fully saturated rings. The molecule has 1 aromatic heterocycles. The molecule has 2 N–H and O–H groups in total. The number of halogens is 3. The second-order valence-corrected chi connectivity index (χ2v) is 4.65. The summed E-state index contributed by atoms with van der Waals surface area (Å²) in [4.78, 5) is 3.68. The largest absolute Gasteiger partial charge is 0.417 e. The van der Waals surface area contributed by atoms with Crippen molar-refractivity contribution in [1.82, 2.24) is 4.98 Å². The molecule has 112 valence electrons. The third kappa shape index (κ3) is 4.75. The Morgan fingerprint density at radius 3 is 2.38 bits per heavy atom. The van der Waals surface area contributed by atoms with E-state index in [4.69, 9.17) is 0 Å². The monoisotopic (exact) mass is 296 g/mol. The number of aromatic nitrogens is 1. The molecule has 0 aliphatic carbocycles.